The van der Waals surface area contributed by atoms with Gasteiger partial charge in [0.25, 0.3) is 0 Å². The first-order valence-corrected chi connectivity index (χ1v) is 6.31. The molecule has 0 bridgehead atoms. The average Bonchev–Trinajstić information content (AvgIpc) is 2.40. The first-order valence-electron chi connectivity index (χ1n) is 6.31. The van der Waals surface area contributed by atoms with Crippen molar-refractivity contribution in [1.29, 1.82) is 5.26 Å². The Labute approximate surface area is 102 Å². The van der Waals surface area contributed by atoms with Crippen molar-refractivity contribution in [3.05, 3.63) is 17.8 Å². The van der Waals surface area contributed by atoms with Crippen LogP contribution in [0.25, 0.3) is 0 Å². The summed E-state index contributed by atoms with van der Waals surface area (Å²) in [7, 11) is 0. The molecule has 0 aromatic carbocycles. The zero-order valence-corrected chi connectivity index (χ0v) is 10.2. The van der Waals surface area contributed by atoms with Crippen LogP contribution in [-0.4, -0.2) is 16.2 Å². The van der Waals surface area contributed by atoms with Gasteiger partial charge in [0.05, 0.1) is 11.8 Å². The van der Waals surface area contributed by atoms with E-state index in [4.69, 9.17) is 5.26 Å². The number of nitriles is 1. The van der Waals surface area contributed by atoms with Crippen LogP contribution in [-0.2, 0) is 0 Å². The van der Waals surface area contributed by atoms with E-state index < -0.39 is 0 Å². The molecule has 1 heterocycles. The Morgan fingerprint density at radius 1 is 1.41 bits per heavy atom. The van der Waals surface area contributed by atoms with E-state index in [1.165, 1.54) is 32.1 Å². The van der Waals surface area contributed by atoms with E-state index in [0.717, 1.165) is 5.92 Å². The van der Waals surface area contributed by atoms with Gasteiger partial charge in [0.1, 0.15) is 6.07 Å². The van der Waals surface area contributed by atoms with Gasteiger partial charge < -0.3 is 5.32 Å². The molecule has 0 amide bonds. The second-order valence-corrected chi connectivity index (χ2v) is 4.68. The monoisotopic (exact) mass is 230 g/mol. The minimum absolute atomic E-state index is 0.446. The van der Waals surface area contributed by atoms with Crippen LogP contribution in [0.2, 0.25) is 0 Å². The highest BCUT2D eigenvalue weighted by Gasteiger charge is 2.20. The third kappa shape index (κ3) is 2.94. The summed E-state index contributed by atoms with van der Waals surface area (Å²) in [6.45, 7) is 2.26. The Kier molecular flexibility index (Phi) is 3.92. The van der Waals surface area contributed by atoms with Gasteiger partial charge in [-0.2, -0.15) is 10.4 Å². The summed E-state index contributed by atoms with van der Waals surface area (Å²) in [5.74, 6) is 1.51. The van der Waals surface area contributed by atoms with E-state index in [2.05, 4.69) is 28.5 Å². The molecule has 0 saturated heterocycles. The van der Waals surface area contributed by atoms with Crippen LogP contribution in [0, 0.1) is 17.2 Å². The highest BCUT2D eigenvalue weighted by molar-refractivity contribution is 5.50. The molecular weight excluding hydrogens is 212 g/mol. The molecule has 2 rings (SSSR count). The number of anilines is 1. The van der Waals surface area contributed by atoms with Crippen molar-refractivity contribution in [1.82, 2.24) is 10.2 Å². The average molecular weight is 230 g/mol. The molecule has 1 fully saturated rings. The quantitative estimate of drug-likeness (QED) is 0.867. The third-order valence-electron chi connectivity index (χ3n) is 3.61. The van der Waals surface area contributed by atoms with Crippen LogP contribution in [0.4, 0.5) is 5.82 Å². The van der Waals surface area contributed by atoms with Gasteiger partial charge in [-0.15, -0.1) is 5.10 Å². The molecule has 1 N–H and O–H groups in total. The fraction of sp³-hybridized carbons (Fsp3) is 0.615. The maximum Gasteiger partial charge on any atom is 0.166 e. The number of nitrogens with zero attached hydrogens (tertiary/aromatic N) is 3. The Balaban J connectivity index is 1.96. The lowest BCUT2D eigenvalue weighted by Gasteiger charge is -2.28. The molecule has 0 spiro atoms. The molecule has 0 aliphatic heterocycles. The molecule has 17 heavy (non-hydrogen) atoms. The summed E-state index contributed by atoms with van der Waals surface area (Å²) in [6.07, 6.45) is 7.71. The van der Waals surface area contributed by atoms with Gasteiger partial charge in [0.2, 0.25) is 0 Å². The van der Waals surface area contributed by atoms with E-state index in [-0.39, 0.29) is 0 Å². The van der Waals surface area contributed by atoms with Crippen LogP contribution < -0.4 is 5.32 Å². The largest absolute Gasteiger partial charge is 0.365 e. The second-order valence-electron chi connectivity index (χ2n) is 4.68. The van der Waals surface area contributed by atoms with Crippen molar-refractivity contribution in [3.8, 4) is 6.07 Å². The summed E-state index contributed by atoms with van der Waals surface area (Å²) in [5, 5.41) is 20.1. The van der Waals surface area contributed by atoms with Gasteiger partial charge >= 0.3 is 0 Å². The Hall–Kier alpha value is -1.63. The summed E-state index contributed by atoms with van der Waals surface area (Å²) < 4.78 is 0. The number of aromatic nitrogens is 2. The lowest BCUT2D eigenvalue weighted by molar-refractivity contribution is 0.329. The Bertz CT molecular complexity index is 402. The van der Waals surface area contributed by atoms with E-state index in [0.29, 0.717) is 17.4 Å². The summed E-state index contributed by atoms with van der Waals surface area (Å²) in [4.78, 5) is 0. The van der Waals surface area contributed by atoms with Crippen LogP contribution >= 0.6 is 0 Å². The van der Waals surface area contributed by atoms with E-state index in [1.54, 1.807) is 12.3 Å². The number of rotatable bonds is 3. The zero-order chi connectivity index (χ0) is 12.1. The summed E-state index contributed by atoms with van der Waals surface area (Å²) in [5.41, 5.74) is 0.581. The van der Waals surface area contributed by atoms with Gasteiger partial charge in [-0.3, -0.25) is 0 Å². The minimum Gasteiger partial charge on any atom is -0.365 e. The number of hydrogen-bond acceptors (Lipinski definition) is 4. The van der Waals surface area contributed by atoms with Crippen molar-refractivity contribution in [2.45, 2.75) is 45.1 Å². The highest BCUT2D eigenvalue weighted by Crippen LogP contribution is 2.28. The van der Waals surface area contributed by atoms with Gasteiger partial charge in [-0.05, 0) is 37.7 Å². The molecule has 0 atom stereocenters. The molecule has 0 radical (unpaired) electrons. The lowest BCUT2D eigenvalue weighted by atomic mass is 9.84. The molecule has 0 unspecified atom stereocenters. The standard InChI is InChI=1S/C13H18N4/c1-2-10-3-5-12(6-4-10)16-13-11(9-14)7-8-15-17-13/h7-8,10,12H,2-6H2,1H3,(H,16,17). The summed E-state index contributed by atoms with van der Waals surface area (Å²) >= 11 is 0. The van der Waals surface area contributed by atoms with Gasteiger partial charge in [-0.25, -0.2) is 0 Å². The van der Waals surface area contributed by atoms with Crippen molar-refractivity contribution in [3.63, 3.8) is 0 Å². The predicted octanol–water partition coefficient (Wildman–Crippen LogP) is 2.73. The summed E-state index contributed by atoms with van der Waals surface area (Å²) in [6, 6.07) is 4.29. The van der Waals surface area contributed by atoms with Crippen LogP contribution in [0.15, 0.2) is 12.3 Å². The predicted molar refractivity (Wildman–Crippen MR) is 66.4 cm³/mol. The van der Waals surface area contributed by atoms with E-state index >= 15 is 0 Å². The molecule has 1 aliphatic carbocycles. The molecule has 90 valence electrons. The van der Waals surface area contributed by atoms with Crippen molar-refractivity contribution < 1.29 is 0 Å². The number of nitrogens with one attached hydrogen (secondary N) is 1. The molecule has 1 aromatic heterocycles. The molecule has 4 nitrogen and oxygen atoms in total. The normalized spacial score (nSPS) is 24.0. The first kappa shape index (κ1) is 11.8. The smallest absolute Gasteiger partial charge is 0.166 e. The van der Waals surface area contributed by atoms with Crippen molar-refractivity contribution in [2.75, 3.05) is 5.32 Å². The molecule has 4 heteroatoms. The Morgan fingerprint density at radius 2 is 2.18 bits per heavy atom. The highest BCUT2D eigenvalue weighted by atomic mass is 15.2. The van der Waals surface area contributed by atoms with Crippen LogP contribution in [0.5, 0.6) is 0 Å². The first-order chi connectivity index (χ1) is 8.33. The second kappa shape index (κ2) is 5.62. The van der Waals surface area contributed by atoms with Gasteiger partial charge in [0.15, 0.2) is 5.82 Å². The SMILES string of the molecule is CCC1CCC(Nc2nnccc2C#N)CC1. The topological polar surface area (TPSA) is 61.6 Å². The lowest BCUT2D eigenvalue weighted by Crippen LogP contribution is -2.26. The van der Waals surface area contributed by atoms with E-state index in [1.807, 2.05) is 0 Å². The fourth-order valence-electron chi connectivity index (χ4n) is 2.44. The minimum atomic E-state index is 0.446. The van der Waals surface area contributed by atoms with Crippen molar-refractivity contribution >= 4 is 5.82 Å². The number of hydrogen-bond donors (Lipinski definition) is 1. The zero-order valence-electron chi connectivity index (χ0n) is 10.2. The van der Waals surface area contributed by atoms with Gasteiger partial charge in [0, 0.05) is 6.04 Å². The molecule has 1 aliphatic rings. The van der Waals surface area contributed by atoms with E-state index in [9.17, 15) is 0 Å². The molecule has 1 saturated carbocycles. The van der Waals surface area contributed by atoms with Crippen molar-refractivity contribution in [2.24, 2.45) is 5.92 Å². The Morgan fingerprint density at radius 3 is 2.82 bits per heavy atom. The van der Waals surface area contributed by atoms with Crippen LogP contribution in [0.1, 0.15) is 44.6 Å². The maximum absolute atomic E-state index is 8.97. The third-order valence-corrected chi connectivity index (χ3v) is 3.61. The maximum atomic E-state index is 8.97. The molecule has 1 aromatic rings. The van der Waals surface area contributed by atoms with Crippen LogP contribution in [0.3, 0.4) is 0 Å². The van der Waals surface area contributed by atoms with Gasteiger partial charge in [-0.1, -0.05) is 13.3 Å². The molecular formula is C13H18N4. The fourth-order valence-corrected chi connectivity index (χ4v) is 2.44.